The first-order valence-corrected chi connectivity index (χ1v) is 7.41. The average Bonchev–Trinajstić information content (AvgIpc) is 2.49. The smallest absolute Gasteiger partial charge is 0.0933 e. The Morgan fingerprint density at radius 3 is 3.11 bits per heavy atom. The van der Waals surface area contributed by atoms with Crippen LogP contribution < -0.4 is 5.32 Å². The van der Waals surface area contributed by atoms with Gasteiger partial charge in [-0.15, -0.1) is 0 Å². The molecular weight excluding hydrogens is 238 g/mol. The lowest BCUT2D eigenvalue weighted by Gasteiger charge is -2.27. The Bertz CT molecular complexity index is 401. The Morgan fingerprint density at radius 1 is 1.26 bits per heavy atom. The van der Waals surface area contributed by atoms with Crippen molar-refractivity contribution in [1.29, 1.82) is 0 Å². The standard InChI is InChI=1S/C16H23NO2/c1-2-7-16-13(4-1)5-3-6-14(16)11-18-12-15-10-17-8-9-19-15/h1-2,4,7,14-15,17H,3,5-6,8-12H2. The highest BCUT2D eigenvalue weighted by Gasteiger charge is 2.21. The Hall–Kier alpha value is -0.900. The molecule has 1 fully saturated rings. The summed E-state index contributed by atoms with van der Waals surface area (Å²) in [5.74, 6) is 0.571. The number of fused-ring (bicyclic) bond motifs is 1. The molecule has 0 bridgehead atoms. The third kappa shape index (κ3) is 3.35. The summed E-state index contributed by atoms with van der Waals surface area (Å²) in [7, 11) is 0. The van der Waals surface area contributed by atoms with Crippen LogP contribution in [0.15, 0.2) is 24.3 Å². The lowest BCUT2D eigenvalue weighted by atomic mass is 9.83. The molecule has 0 saturated carbocycles. The summed E-state index contributed by atoms with van der Waals surface area (Å²) in [6.45, 7) is 4.23. The zero-order chi connectivity index (χ0) is 12.9. The first-order valence-electron chi connectivity index (χ1n) is 7.41. The van der Waals surface area contributed by atoms with Crippen LogP contribution in [0.5, 0.6) is 0 Å². The van der Waals surface area contributed by atoms with Gasteiger partial charge in [0, 0.05) is 19.0 Å². The quantitative estimate of drug-likeness (QED) is 0.900. The van der Waals surface area contributed by atoms with E-state index in [9.17, 15) is 0 Å². The number of ether oxygens (including phenoxy) is 2. The molecule has 3 nitrogen and oxygen atoms in total. The van der Waals surface area contributed by atoms with Gasteiger partial charge in [-0.2, -0.15) is 0 Å². The van der Waals surface area contributed by atoms with E-state index in [-0.39, 0.29) is 6.10 Å². The van der Waals surface area contributed by atoms with Crippen LogP contribution in [0.25, 0.3) is 0 Å². The molecule has 3 rings (SSSR count). The Kier molecular flexibility index (Phi) is 4.49. The fraction of sp³-hybridized carbons (Fsp3) is 0.625. The van der Waals surface area contributed by atoms with Crippen molar-refractivity contribution in [3.05, 3.63) is 35.4 Å². The molecule has 3 heteroatoms. The van der Waals surface area contributed by atoms with Crippen molar-refractivity contribution in [1.82, 2.24) is 5.32 Å². The zero-order valence-electron chi connectivity index (χ0n) is 11.4. The number of aryl methyl sites for hydroxylation is 1. The van der Waals surface area contributed by atoms with Gasteiger partial charge in [-0.05, 0) is 30.4 Å². The van der Waals surface area contributed by atoms with Crippen molar-refractivity contribution < 1.29 is 9.47 Å². The number of hydrogen-bond acceptors (Lipinski definition) is 3. The van der Waals surface area contributed by atoms with E-state index in [2.05, 4.69) is 29.6 Å². The number of morpholine rings is 1. The van der Waals surface area contributed by atoms with E-state index >= 15 is 0 Å². The molecule has 0 aromatic heterocycles. The largest absolute Gasteiger partial charge is 0.378 e. The third-order valence-electron chi connectivity index (χ3n) is 4.12. The van der Waals surface area contributed by atoms with Gasteiger partial charge in [-0.1, -0.05) is 24.3 Å². The minimum atomic E-state index is 0.229. The average molecular weight is 261 g/mol. The molecule has 2 atom stereocenters. The van der Waals surface area contributed by atoms with Crippen LogP contribution in [0.1, 0.15) is 29.9 Å². The highest BCUT2D eigenvalue weighted by Crippen LogP contribution is 2.31. The molecule has 1 N–H and O–H groups in total. The fourth-order valence-corrected chi connectivity index (χ4v) is 3.10. The normalized spacial score (nSPS) is 26.9. The summed E-state index contributed by atoms with van der Waals surface area (Å²) >= 11 is 0. The van der Waals surface area contributed by atoms with Crippen LogP contribution in [0, 0.1) is 0 Å². The zero-order valence-corrected chi connectivity index (χ0v) is 11.4. The molecule has 0 spiro atoms. The van der Waals surface area contributed by atoms with Gasteiger partial charge < -0.3 is 14.8 Å². The SMILES string of the molecule is c1ccc2c(c1)CCCC2COCC1CNCCO1. The highest BCUT2D eigenvalue weighted by atomic mass is 16.5. The van der Waals surface area contributed by atoms with E-state index < -0.39 is 0 Å². The minimum absolute atomic E-state index is 0.229. The molecule has 1 heterocycles. The van der Waals surface area contributed by atoms with Gasteiger partial charge in [0.25, 0.3) is 0 Å². The molecule has 104 valence electrons. The van der Waals surface area contributed by atoms with Crippen molar-refractivity contribution in [3.8, 4) is 0 Å². The second-order valence-electron chi connectivity index (χ2n) is 5.52. The van der Waals surface area contributed by atoms with Crippen molar-refractivity contribution in [2.75, 3.05) is 32.9 Å². The Balaban J connectivity index is 1.50. The summed E-state index contributed by atoms with van der Waals surface area (Å²) in [4.78, 5) is 0. The second-order valence-corrected chi connectivity index (χ2v) is 5.52. The van der Waals surface area contributed by atoms with Crippen LogP contribution in [-0.4, -0.2) is 39.0 Å². The van der Waals surface area contributed by atoms with Gasteiger partial charge in [0.15, 0.2) is 0 Å². The molecular formula is C16H23NO2. The number of rotatable bonds is 4. The topological polar surface area (TPSA) is 30.5 Å². The maximum absolute atomic E-state index is 5.90. The Morgan fingerprint density at radius 2 is 2.21 bits per heavy atom. The summed E-state index contributed by atoms with van der Waals surface area (Å²) in [5.41, 5.74) is 3.01. The van der Waals surface area contributed by atoms with Crippen LogP contribution in [-0.2, 0) is 15.9 Å². The maximum atomic E-state index is 5.90. The molecule has 19 heavy (non-hydrogen) atoms. The number of hydrogen-bond donors (Lipinski definition) is 1. The van der Waals surface area contributed by atoms with Crippen molar-refractivity contribution in [2.24, 2.45) is 0 Å². The maximum Gasteiger partial charge on any atom is 0.0933 e. The monoisotopic (exact) mass is 261 g/mol. The van der Waals surface area contributed by atoms with Crippen molar-refractivity contribution in [2.45, 2.75) is 31.3 Å². The summed E-state index contributed by atoms with van der Waals surface area (Å²) in [5, 5.41) is 3.33. The van der Waals surface area contributed by atoms with E-state index in [0.717, 1.165) is 26.3 Å². The van der Waals surface area contributed by atoms with Crippen LogP contribution in [0.2, 0.25) is 0 Å². The van der Waals surface area contributed by atoms with Crippen molar-refractivity contribution >= 4 is 0 Å². The molecule has 1 aliphatic heterocycles. The first kappa shape index (κ1) is 13.1. The van der Waals surface area contributed by atoms with Crippen LogP contribution in [0.4, 0.5) is 0 Å². The minimum Gasteiger partial charge on any atom is -0.378 e. The second kappa shape index (κ2) is 6.51. The summed E-state index contributed by atoms with van der Waals surface area (Å²) in [6, 6.07) is 8.81. The van der Waals surface area contributed by atoms with E-state index in [1.165, 1.54) is 30.4 Å². The molecule has 1 aromatic carbocycles. The third-order valence-corrected chi connectivity index (χ3v) is 4.12. The van der Waals surface area contributed by atoms with Crippen molar-refractivity contribution in [3.63, 3.8) is 0 Å². The highest BCUT2D eigenvalue weighted by molar-refractivity contribution is 5.32. The number of benzene rings is 1. The van der Waals surface area contributed by atoms with E-state index in [1.54, 1.807) is 0 Å². The first-order chi connectivity index (χ1) is 9.43. The van der Waals surface area contributed by atoms with Gasteiger partial charge >= 0.3 is 0 Å². The lowest BCUT2D eigenvalue weighted by molar-refractivity contribution is -0.0346. The molecule has 2 unspecified atom stereocenters. The van der Waals surface area contributed by atoms with Gasteiger partial charge in [0.05, 0.1) is 25.9 Å². The molecule has 1 aromatic rings. The van der Waals surface area contributed by atoms with Crippen LogP contribution in [0.3, 0.4) is 0 Å². The van der Waals surface area contributed by atoms with Crippen LogP contribution >= 0.6 is 0 Å². The van der Waals surface area contributed by atoms with E-state index in [0.29, 0.717) is 12.5 Å². The molecule has 1 aliphatic carbocycles. The molecule has 1 saturated heterocycles. The Labute approximate surface area is 115 Å². The van der Waals surface area contributed by atoms with E-state index in [1.807, 2.05) is 0 Å². The molecule has 2 aliphatic rings. The van der Waals surface area contributed by atoms with Gasteiger partial charge in [0.1, 0.15) is 0 Å². The number of nitrogens with one attached hydrogen (secondary N) is 1. The predicted octanol–water partition coefficient (Wildman–Crippen LogP) is 2.11. The van der Waals surface area contributed by atoms with Gasteiger partial charge in [-0.3, -0.25) is 0 Å². The molecule has 0 radical (unpaired) electrons. The van der Waals surface area contributed by atoms with E-state index in [4.69, 9.17) is 9.47 Å². The summed E-state index contributed by atoms with van der Waals surface area (Å²) < 4.78 is 11.6. The summed E-state index contributed by atoms with van der Waals surface area (Å²) in [6.07, 6.45) is 3.99. The predicted molar refractivity (Wildman–Crippen MR) is 75.5 cm³/mol. The molecule has 0 amide bonds. The van der Waals surface area contributed by atoms with Gasteiger partial charge in [0.2, 0.25) is 0 Å². The van der Waals surface area contributed by atoms with Gasteiger partial charge in [-0.25, -0.2) is 0 Å². The fourth-order valence-electron chi connectivity index (χ4n) is 3.10. The lowest BCUT2D eigenvalue weighted by Crippen LogP contribution is -2.41.